The van der Waals surface area contributed by atoms with E-state index in [9.17, 15) is 4.79 Å². The number of amides is 1. The minimum Gasteiger partial charge on any atom is -0.323 e. The molecule has 0 spiro atoms. The molecule has 2 rings (SSSR count). The molecule has 0 aliphatic heterocycles. The van der Waals surface area contributed by atoms with Crippen LogP contribution in [0, 0.1) is 0 Å². The number of hydrogen-bond acceptors (Lipinski definition) is 6. The van der Waals surface area contributed by atoms with Gasteiger partial charge in [0, 0.05) is 12.3 Å². The maximum atomic E-state index is 10.9. The number of thiazole rings is 1. The quantitative estimate of drug-likeness (QED) is 0.842. The van der Waals surface area contributed by atoms with Crippen molar-refractivity contribution >= 4 is 22.4 Å². The summed E-state index contributed by atoms with van der Waals surface area (Å²) in [5.74, 6) is -0.125. The highest BCUT2D eigenvalue weighted by molar-refractivity contribution is 7.13. The highest BCUT2D eigenvalue weighted by Gasteiger charge is 2.11. The van der Waals surface area contributed by atoms with Crippen molar-refractivity contribution < 1.29 is 4.79 Å². The first-order chi connectivity index (χ1) is 9.58. The van der Waals surface area contributed by atoms with E-state index in [0.29, 0.717) is 11.7 Å². The molecule has 0 aliphatic rings. The molecule has 0 fully saturated rings. The van der Waals surface area contributed by atoms with Crippen molar-refractivity contribution in [3.8, 4) is 0 Å². The monoisotopic (exact) mass is 294 g/mol. The van der Waals surface area contributed by atoms with E-state index in [1.165, 1.54) is 18.3 Å². The zero-order valence-corrected chi connectivity index (χ0v) is 12.4. The van der Waals surface area contributed by atoms with E-state index >= 15 is 0 Å². The largest absolute Gasteiger partial charge is 0.323 e. The van der Waals surface area contributed by atoms with Crippen molar-refractivity contribution in [1.29, 1.82) is 0 Å². The SMILES string of the molecule is CCCC(N)c1cn(Cc2csc(NC(C)=O)n2)nn1. The molecule has 7 nitrogen and oxygen atoms in total. The van der Waals surface area contributed by atoms with E-state index in [2.05, 4.69) is 27.5 Å². The summed E-state index contributed by atoms with van der Waals surface area (Å²) in [5, 5.41) is 13.3. The van der Waals surface area contributed by atoms with Crippen molar-refractivity contribution in [3.05, 3.63) is 23.0 Å². The predicted molar refractivity (Wildman–Crippen MR) is 77.4 cm³/mol. The zero-order valence-electron chi connectivity index (χ0n) is 11.5. The molecule has 2 aromatic heterocycles. The van der Waals surface area contributed by atoms with Gasteiger partial charge in [0.1, 0.15) is 0 Å². The van der Waals surface area contributed by atoms with Crippen LogP contribution >= 0.6 is 11.3 Å². The number of carbonyl (C=O) groups excluding carboxylic acids is 1. The standard InChI is InChI=1S/C12H18N6OS/c1-3-4-10(13)11-6-18(17-16-11)5-9-7-20-12(15-9)14-8(2)19/h6-7,10H,3-5,13H2,1-2H3,(H,14,15,19). The second-order valence-corrected chi connectivity index (χ2v) is 5.42. The van der Waals surface area contributed by atoms with Crippen LogP contribution in [0.25, 0.3) is 0 Å². The Kier molecular flexibility index (Phi) is 4.80. The van der Waals surface area contributed by atoms with Gasteiger partial charge in [-0.2, -0.15) is 0 Å². The smallest absolute Gasteiger partial charge is 0.223 e. The Morgan fingerprint density at radius 1 is 1.60 bits per heavy atom. The topological polar surface area (TPSA) is 98.7 Å². The van der Waals surface area contributed by atoms with Gasteiger partial charge < -0.3 is 11.1 Å². The van der Waals surface area contributed by atoms with Crippen LogP contribution in [0.3, 0.4) is 0 Å². The predicted octanol–water partition coefficient (Wildman–Crippen LogP) is 1.54. The molecule has 1 atom stereocenters. The fourth-order valence-electron chi connectivity index (χ4n) is 1.77. The highest BCUT2D eigenvalue weighted by Crippen LogP contribution is 2.17. The summed E-state index contributed by atoms with van der Waals surface area (Å²) in [6.45, 7) is 4.06. The Morgan fingerprint density at radius 2 is 2.40 bits per heavy atom. The van der Waals surface area contributed by atoms with E-state index in [4.69, 9.17) is 5.73 Å². The lowest BCUT2D eigenvalue weighted by molar-refractivity contribution is -0.114. The third-order valence-corrected chi connectivity index (χ3v) is 3.50. The lowest BCUT2D eigenvalue weighted by Gasteiger charge is -2.04. The van der Waals surface area contributed by atoms with E-state index in [1.807, 2.05) is 11.6 Å². The molecule has 1 unspecified atom stereocenters. The van der Waals surface area contributed by atoms with Gasteiger partial charge in [-0.1, -0.05) is 18.6 Å². The zero-order chi connectivity index (χ0) is 14.5. The van der Waals surface area contributed by atoms with Crippen molar-refractivity contribution in [2.75, 3.05) is 5.32 Å². The second-order valence-electron chi connectivity index (χ2n) is 4.56. The molecule has 8 heteroatoms. The molecule has 0 aliphatic carbocycles. The first-order valence-electron chi connectivity index (χ1n) is 6.46. The van der Waals surface area contributed by atoms with E-state index in [-0.39, 0.29) is 11.9 Å². The van der Waals surface area contributed by atoms with Crippen LogP contribution in [0.1, 0.15) is 44.1 Å². The number of aromatic nitrogens is 4. The van der Waals surface area contributed by atoms with Crippen LogP contribution < -0.4 is 11.1 Å². The molecule has 0 bridgehead atoms. The van der Waals surface area contributed by atoms with Crippen LogP contribution in [0.5, 0.6) is 0 Å². The molecule has 20 heavy (non-hydrogen) atoms. The molecule has 0 radical (unpaired) electrons. The summed E-state index contributed by atoms with van der Waals surface area (Å²) < 4.78 is 1.71. The van der Waals surface area contributed by atoms with Gasteiger partial charge in [0.25, 0.3) is 0 Å². The lowest BCUT2D eigenvalue weighted by Crippen LogP contribution is -2.10. The Hall–Kier alpha value is -1.80. The van der Waals surface area contributed by atoms with E-state index < -0.39 is 0 Å². The van der Waals surface area contributed by atoms with Gasteiger partial charge in [0.2, 0.25) is 5.91 Å². The summed E-state index contributed by atoms with van der Waals surface area (Å²) in [4.78, 5) is 15.2. The van der Waals surface area contributed by atoms with Crippen molar-refractivity contribution in [1.82, 2.24) is 20.0 Å². The number of anilines is 1. The number of hydrogen-bond donors (Lipinski definition) is 2. The van der Waals surface area contributed by atoms with E-state index in [1.54, 1.807) is 4.68 Å². The van der Waals surface area contributed by atoms with Crippen molar-refractivity contribution in [3.63, 3.8) is 0 Å². The Bertz CT molecular complexity index is 578. The second kappa shape index (κ2) is 6.58. The van der Waals surface area contributed by atoms with Gasteiger partial charge in [-0.25, -0.2) is 9.67 Å². The van der Waals surface area contributed by atoms with Gasteiger partial charge in [0.15, 0.2) is 5.13 Å². The third kappa shape index (κ3) is 3.84. The van der Waals surface area contributed by atoms with Crippen molar-refractivity contribution in [2.24, 2.45) is 5.73 Å². The van der Waals surface area contributed by atoms with Crippen LogP contribution in [-0.2, 0) is 11.3 Å². The number of nitrogens with zero attached hydrogens (tertiary/aromatic N) is 4. The first-order valence-corrected chi connectivity index (χ1v) is 7.34. The molecule has 2 heterocycles. The maximum absolute atomic E-state index is 10.9. The summed E-state index contributed by atoms with van der Waals surface area (Å²) in [6.07, 6.45) is 3.75. The summed E-state index contributed by atoms with van der Waals surface area (Å²) in [5.41, 5.74) is 7.62. The molecule has 0 saturated heterocycles. The minimum absolute atomic E-state index is 0.0703. The lowest BCUT2D eigenvalue weighted by atomic mass is 10.1. The average Bonchev–Trinajstić information content (AvgIpc) is 2.99. The minimum atomic E-state index is -0.125. The molecular weight excluding hydrogens is 276 g/mol. The summed E-state index contributed by atoms with van der Waals surface area (Å²) in [7, 11) is 0. The normalized spacial score (nSPS) is 12.3. The number of nitrogens with one attached hydrogen (secondary N) is 1. The molecule has 0 saturated carbocycles. The van der Waals surface area contributed by atoms with Gasteiger partial charge in [-0.3, -0.25) is 4.79 Å². The highest BCUT2D eigenvalue weighted by atomic mass is 32.1. The van der Waals surface area contributed by atoms with Crippen molar-refractivity contribution in [2.45, 2.75) is 39.3 Å². The van der Waals surface area contributed by atoms with E-state index in [0.717, 1.165) is 24.2 Å². The van der Waals surface area contributed by atoms with Gasteiger partial charge in [0.05, 0.1) is 30.2 Å². The molecule has 2 aromatic rings. The average molecular weight is 294 g/mol. The Balaban J connectivity index is 1.99. The van der Waals surface area contributed by atoms with Crippen LogP contribution in [0.15, 0.2) is 11.6 Å². The number of carbonyl (C=O) groups is 1. The fourth-order valence-corrected chi connectivity index (χ4v) is 2.52. The molecule has 1 amide bonds. The summed E-state index contributed by atoms with van der Waals surface area (Å²) in [6, 6.07) is -0.0703. The number of rotatable bonds is 6. The van der Waals surface area contributed by atoms with Crippen LogP contribution in [-0.4, -0.2) is 25.9 Å². The molecule has 3 N–H and O–H groups in total. The van der Waals surface area contributed by atoms with Gasteiger partial charge in [-0.15, -0.1) is 16.4 Å². The first kappa shape index (κ1) is 14.6. The van der Waals surface area contributed by atoms with Gasteiger partial charge in [-0.05, 0) is 6.42 Å². The number of nitrogens with two attached hydrogens (primary N) is 1. The van der Waals surface area contributed by atoms with Crippen LogP contribution in [0.2, 0.25) is 0 Å². The maximum Gasteiger partial charge on any atom is 0.223 e. The Labute approximate surface area is 121 Å². The molecule has 0 aromatic carbocycles. The third-order valence-electron chi connectivity index (χ3n) is 2.69. The summed E-state index contributed by atoms with van der Waals surface area (Å²) >= 11 is 1.39. The molecular formula is C12H18N6OS. The fraction of sp³-hybridized carbons (Fsp3) is 0.500. The van der Waals surface area contributed by atoms with Gasteiger partial charge >= 0.3 is 0 Å². The molecule has 108 valence electrons. The van der Waals surface area contributed by atoms with Crippen LogP contribution in [0.4, 0.5) is 5.13 Å². The Morgan fingerprint density at radius 3 is 3.10 bits per heavy atom.